The van der Waals surface area contributed by atoms with Crippen LogP contribution >= 0.6 is 0 Å². The molecule has 3 aliphatic rings. The van der Waals surface area contributed by atoms with Gasteiger partial charge in [-0.1, -0.05) is 39.0 Å². The molecule has 3 nitrogen and oxygen atoms in total. The first-order valence-electron chi connectivity index (χ1n) is 9.55. The number of amides is 1. The molecule has 3 fully saturated rings. The van der Waals surface area contributed by atoms with Crippen LogP contribution in [0.15, 0.2) is 18.2 Å². The highest BCUT2D eigenvalue weighted by Gasteiger charge is 2.76. The van der Waals surface area contributed by atoms with Crippen molar-refractivity contribution in [3.8, 4) is 0 Å². The predicted molar refractivity (Wildman–Crippen MR) is 96.2 cm³/mol. The number of rotatable bonds is 4. The van der Waals surface area contributed by atoms with Crippen molar-refractivity contribution < 1.29 is 18.7 Å². The molecule has 0 radical (unpaired) electrons. The number of anilines is 1. The Morgan fingerprint density at radius 1 is 1.12 bits per heavy atom. The van der Waals surface area contributed by atoms with Crippen LogP contribution in [0.25, 0.3) is 0 Å². The molecule has 4 rings (SSSR count). The van der Waals surface area contributed by atoms with Gasteiger partial charge < -0.3 is 5.11 Å². The molecule has 1 atom stereocenters. The maximum atomic E-state index is 15.4. The van der Waals surface area contributed by atoms with Crippen molar-refractivity contribution in [2.75, 3.05) is 4.90 Å². The normalized spacial score (nSPS) is 26.0. The van der Waals surface area contributed by atoms with E-state index in [1.807, 2.05) is 32.9 Å². The van der Waals surface area contributed by atoms with E-state index in [-0.39, 0.29) is 17.3 Å². The van der Waals surface area contributed by atoms with E-state index < -0.39 is 23.5 Å². The summed E-state index contributed by atoms with van der Waals surface area (Å²) < 4.78 is 30.7. The van der Waals surface area contributed by atoms with E-state index in [0.29, 0.717) is 16.2 Å². The maximum absolute atomic E-state index is 15.4. The molecule has 1 N–H and O–H groups in total. The summed E-state index contributed by atoms with van der Waals surface area (Å²) in [4.78, 5) is 13.7. The standard InChI is InChI=1S/C21H27F2NO2/c1-12-6-5-7-15(19(2,3)4)16(12)24-18(25)17(21(24,22)23)20(26,13-8-9-13)14-10-11-14/h5-7,13-14,17,26H,8-11H2,1-4H3. The minimum absolute atomic E-state index is 0.157. The summed E-state index contributed by atoms with van der Waals surface area (Å²) >= 11 is 0. The first-order valence-corrected chi connectivity index (χ1v) is 9.55. The summed E-state index contributed by atoms with van der Waals surface area (Å²) in [7, 11) is 0. The van der Waals surface area contributed by atoms with Crippen LogP contribution < -0.4 is 4.90 Å². The molecule has 0 aromatic heterocycles. The zero-order chi connectivity index (χ0) is 19.1. The lowest BCUT2D eigenvalue weighted by molar-refractivity contribution is -0.212. The Hall–Kier alpha value is -1.49. The summed E-state index contributed by atoms with van der Waals surface area (Å²) in [6, 6.07) is 2.05. The predicted octanol–water partition coefficient (Wildman–Crippen LogP) is 4.40. The fourth-order valence-corrected chi connectivity index (χ4v) is 4.68. The van der Waals surface area contributed by atoms with Crippen molar-refractivity contribution in [3.63, 3.8) is 0 Å². The van der Waals surface area contributed by atoms with Crippen molar-refractivity contribution in [2.24, 2.45) is 17.8 Å². The number of alkyl halides is 2. The third-order valence-corrected chi connectivity index (χ3v) is 6.31. The largest absolute Gasteiger partial charge is 0.388 e. The van der Waals surface area contributed by atoms with E-state index in [1.165, 1.54) is 0 Å². The molecule has 26 heavy (non-hydrogen) atoms. The highest BCUT2D eigenvalue weighted by Crippen LogP contribution is 2.63. The van der Waals surface area contributed by atoms with Gasteiger partial charge in [-0.05, 0) is 61.0 Å². The molecule has 1 heterocycles. The minimum atomic E-state index is -3.36. The molecule has 1 aromatic rings. The van der Waals surface area contributed by atoms with Crippen LogP contribution in [0.1, 0.15) is 57.6 Å². The number of hydrogen-bond acceptors (Lipinski definition) is 2. The van der Waals surface area contributed by atoms with E-state index >= 15 is 8.78 Å². The van der Waals surface area contributed by atoms with Gasteiger partial charge in [-0.3, -0.25) is 9.69 Å². The summed E-state index contributed by atoms with van der Waals surface area (Å²) in [5, 5.41) is 11.2. The lowest BCUT2D eigenvalue weighted by atomic mass is 9.71. The Balaban J connectivity index is 1.76. The number of carbonyl (C=O) groups excluding carboxylic acids is 1. The number of carbonyl (C=O) groups is 1. The number of hydrogen-bond donors (Lipinski definition) is 1. The SMILES string of the molecule is Cc1cccc(C(C)(C)C)c1N1C(=O)C(C(O)(C2CC2)C2CC2)C1(F)F. The molecule has 5 heteroatoms. The quantitative estimate of drug-likeness (QED) is 0.636. The molecular formula is C21H27F2NO2. The van der Waals surface area contributed by atoms with Crippen LogP contribution in [0.5, 0.6) is 0 Å². The Kier molecular flexibility index (Phi) is 3.63. The van der Waals surface area contributed by atoms with Crippen LogP contribution in [0.4, 0.5) is 14.5 Å². The van der Waals surface area contributed by atoms with E-state index in [4.69, 9.17) is 0 Å². The van der Waals surface area contributed by atoms with Crippen LogP contribution in [0.2, 0.25) is 0 Å². The molecule has 2 aliphatic carbocycles. The third-order valence-electron chi connectivity index (χ3n) is 6.31. The number of aliphatic hydroxyl groups is 1. The number of halogens is 2. The Morgan fingerprint density at radius 2 is 1.65 bits per heavy atom. The lowest BCUT2D eigenvalue weighted by Crippen LogP contribution is -2.74. The fourth-order valence-electron chi connectivity index (χ4n) is 4.68. The topological polar surface area (TPSA) is 40.5 Å². The van der Waals surface area contributed by atoms with Gasteiger partial charge in [-0.15, -0.1) is 0 Å². The van der Waals surface area contributed by atoms with Gasteiger partial charge >= 0.3 is 6.05 Å². The first-order chi connectivity index (χ1) is 12.0. The number of benzene rings is 1. The second-order valence-electron chi connectivity index (χ2n) is 9.35. The number of β-lactam (4-membered cyclic amide) rings is 1. The van der Waals surface area contributed by atoms with Gasteiger partial charge in [-0.25, -0.2) is 0 Å². The molecule has 0 spiro atoms. The minimum Gasteiger partial charge on any atom is -0.388 e. The smallest absolute Gasteiger partial charge is 0.346 e. The number of para-hydroxylation sites is 1. The Morgan fingerprint density at radius 3 is 2.08 bits per heavy atom. The van der Waals surface area contributed by atoms with E-state index in [1.54, 1.807) is 13.0 Å². The van der Waals surface area contributed by atoms with E-state index in [9.17, 15) is 9.90 Å². The zero-order valence-electron chi connectivity index (χ0n) is 15.9. The molecule has 1 saturated heterocycles. The van der Waals surface area contributed by atoms with Crippen LogP contribution in [0.3, 0.4) is 0 Å². The highest BCUT2D eigenvalue weighted by molar-refractivity contribution is 6.05. The average molecular weight is 363 g/mol. The van der Waals surface area contributed by atoms with Gasteiger partial charge in [0.25, 0.3) is 0 Å². The molecule has 1 unspecified atom stereocenters. The van der Waals surface area contributed by atoms with Gasteiger partial charge in [-0.2, -0.15) is 8.78 Å². The van der Waals surface area contributed by atoms with Crippen molar-refractivity contribution in [2.45, 2.75) is 70.4 Å². The first kappa shape index (κ1) is 17.9. The maximum Gasteiger partial charge on any atom is 0.346 e. The second kappa shape index (κ2) is 5.28. The van der Waals surface area contributed by atoms with Crippen molar-refractivity contribution >= 4 is 11.6 Å². The molecular weight excluding hydrogens is 336 g/mol. The van der Waals surface area contributed by atoms with Gasteiger partial charge in [0.15, 0.2) is 5.92 Å². The van der Waals surface area contributed by atoms with Crippen LogP contribution in [-0.4, -0.2) is 22.7 Å². The van der Waals surface area contributed by atoms with Gasteiger partial charge in [0.2, 0.25) is 5.91 Å². The average Bonchev–Trinajstić information content (AvgIpc) is 3.37. The van der Waals surface area contributed by atoms with Crippen LogP contribution in [0, 0.1) is 24.7 Å². The molecule has 1 amide bonds. The Bertz CT molecular complexity index is 748. The second-order valence-corrected chi connectivity index (χ2v) is 9.35. The summed E-state index contributed by atoms with van der Waals surface area (Å²) in [5.74, 6) is -2.55. The molecule has 0 bridgehead atoms. The lowest BCUT2D eigenvalue weighted by Gasteiger charge is -2.54. The fraction of sp³-hybridized carbons (Fsp3) is 0.667. The van der Waals surface area contributed by atoms with E-state index in [0.717, 1.165) is 31.2 Å². The summed E-state index contributed by atoms with van der Waals surface area (Å²) in [6.07, 6.45) is 2.96. The van der Waals surface area contributed by atoms with Crippen molar-refractivity contribution in [3.05, 3.63) is 29.3 Å². The third kappa shape index (κ3) is 2.35. The van der Waals surface area contributed by atoms with Gasteiger partial charge in [0.05, 0.1) is 11.3 Å². The summed E-state index contributed by atoms with van der Waals surface area (Å²) in [6.45, 7) is 7.62. The molecule has 1 aromatic carbocycles. The molecule has 142 valence electrons. The molecule has 2 saturated carbocycles. The number of aryl methyl sites for hydroxylation is 1. The monoisotopic (exact) mass is 363 g/mol. The van der Waals surface area contributed by atoms with Crippen LogP contribution in [-0.2, 0) is 10.2 Å². The van der Waals surface area contributed by atoms with Gasteiger partial charge in [0.1, 0.15) is 0 Å². The molecule has 1 aliphatic heterocycles. The Labute approximate surface area is 153 Å². The summed E-state index contributed by atoms with van der Waals surface area (Å²) in [5.41, 5.74) is -0.218. The van der Waals surface area contributed by atoms with E-state index in [2.05, 4.69) is 0 Å². The number of nitrogens with zero attached hydrogens (tertiary/aromatic N) is 1. The van der Waals surface area contributed by atoms with Crippen molar-refractivity contribution in [1.82, 2.24) is 0 Å². The zero-order valence-corrected chi connectivity index (χ0v) is 15.9. The van der Waals surface area contributed by atoms with Crippen molar-refractivity contribution in [1.29, 1.82) is 0 Å². The van der Waals surface area contributed by atoms with Gasteiger partial charge in [0, 0.05) is 0 Å². The highest BCUT2D eigenvalue weighted by atomic mass is 19.3.